The molecule has 8 heteroatoms. The first-order valence-corrected chi connectivity index (χ1v) is 11.4. The third-order valence-electron chi connectivity index (χ3n) is 5.40. The van der Waals surface area contributed by atoms with Gasteiger partial charge in [0.05, 0.1) is 0 Å². The monoisotopic (exact) mass is 430 g/mol. The molecule has 1 aromatic carbocycles. The van der Waals surface area contributed by atoms with Gasteiger partial charge in [-0.05, 0) is 50.5 Å². The van der Waals surface area contributed by atoms with Crippen LogP contribution in [0.3, 0.4) is 0 Å². The van der Waals surface area contributed by atoms with Crippen LogP contribution in [0.2, 0.25) is 0 Å². The Morgan fingerprint density at radius 3 is 2.57 bits per heavy atom. The van der Waals surface area contributed by atoms with Crippen LogP contribution in [0.25, 0.3) is 5.57 Å². The maximum absolute atomic E-state index is 12.8. The molecule has 0 saturated carbocycles. The average Bonchev–Trinajstić information content (AvgIpc) is 3.16. The van der Waals surface area contributed by atoms with E-state index < -0.39 is 5.60 Å². The summed E-state index contributed by atoms with van der Waals surface area (Å²) in [5.74, 6) is 0.157. The van der Waals surface area contributed by atoms with E-state index in [1.165, 1.54) is 5.57 Å². The summed E-state index contributed by atoms with van der Waals surface area (Å²) >= 11 is 1.59. The average molecular weight is 431 g/mol. The Labute approximate surface area is 182 Å². The maximum Gasteiger partial charge on any atom is 0.410 e. The molecule has 0 spiro atoms. The van der Waals surface area contributed by atoms with Crippen molar-refractivity contribution in [1.82, 2.24) is 15.1 Å². The highest BCUT2D eigenvalue weighted by molar-refractivity contribution is 8.01. The number of nitrogens with zero attached hydrogens (tertiary/aromatic N) is 2. The number of thioether (sulfide) groups is 1. The third-order valence-corrected chi connectivity index (χ3v) is 6.56. The SMILES string of the molecule is CC(C)(C)OC(=O)N1CC=C(c2ccc3c(c2)NC(C(=O)N2CCNCC2)S3)CC1. The summed E-state index contributed by atoms with van der Waals surface area (Å²) in [5, 5.41) is 6.43. The summed E-state index contributed by atoms with van der Waals surface area (Å²) < 4.78 is 5.47. The fourth-order valence-corrected chi connectivity index (χ4v) is 4.91. The number of piperazine rings is 1. The molecule has 0 radical (unpaired) electrons. The second-order valence-electron chi connectivity index (χ2n) is 8.83. The van der Waals surface area contributed by atoms with Crippen LogP contribution < -0.4 is 10.6 Å². The molecule has 162 valence electrons. The van der Waals surface area contributed by atoms with Gasteiger partial charge in [0.2, 0.25) is 0 Å². The minimum atomic E-state index is -0.483. The molecule has 2 amide bonds. The number of fused-ring (bicyclic) bond motifs is 1. The van der Waals surface area contributed by atoms with Crippen molar-refractivity contribution < 1.29 is 14.3 Å². The van der Waals surface area contributed by atoms with Crippen LogP contribution in [0, 0.1) is 0 Å². The molecule has 30 heavy (non-hydrogen) atoms. The molecule has 1 atom stereocenters. The van der Waals surface area contributed by atoms with Crippen LogP contribution in [-0.4, -0.2) is 72.0 Å². The van der Waals surface area contributed by atoms with Crippen molar-refractivity contribution >= 4 is 35.0 Å². The Bertz CT molecular complexity index is 858. The van der Waals surface area contributed by atoms with Gasteiger partial charge in [-0.1, -0.05) is 23.9 Å². The second-order valence-corrected chi connectivity index (χ2v) is 9.98. The van der Waals surface area contributed by atoms with Crippen LogP contribution in [0.4, 0.5) is 10.5 Å². The Hall–Kier alpha value is -2.19. The zero-order valence-electron chi connectivity index (χ0n) is 17.9. The van der Waals surface area contributed by atoms with Gasteiger partial charge < -0.3 is 25.2 Å². The molecule has 7 nitrogen and oxygen atoms in total. The molecule has 1 unspecified atom stereocenters. The van der Waals surface area contributed by atoms with E-state index in [4.69, 9.17) is 4.74 Å². The molecule has 1 aromatic rings. The van der Waals surface area contributed by atoms with E-state index in [-0.39, 0.29) is 17.4 Å². The van der Waals surface area contributed by atoms with Crippen molar-refractivity contribution in [2.45, 2.75) is 43.1 Å². The van der Waals surface area contributed by atoms with Crippen LogP contribution >= 0.6 is 11.8 Å². The lowest BCUT2D eigenvalue weighted by atomic mass is 9.99. The molecule has 3 heterocycles. The van der Waals surface area contributed by atoms with Crippen molar-refractivity contribution in [2.24, 2.45) is 0 Å². The van der Waals surface area contributed by atoms with E-state index in [1.807, 2.05) is 25.7 Å². The number of carbonyl (C=O) groups excluding carboxylic acids is 2. The normalized spacial score (nSPS) is 21.6. The van der Waals surface area contributed by atoms with Gasteiger partial charge in [-0.25, -0.2) is 4.79 Å². The first-order chi connectivity index (χ1) is 14.3. The van der Waals surface area contributed by atoms with Gasteiger partial charge in [0.25, 0.3) is 5.91 Å². The van der Waals surface area contributed by atoms with Crippen molar-refractivity contribution in [2.75, 3.05) is 44.6 Å². The van der Waals surface area contributed by atoms with Gasteiger partial charge in [0, 0.05) is 49.9 Å². The van der Waals surface area contributed by atoms with E-state index in [2.05, 4.69) is 34.9 Å². The molecule has 3 aliphatic rings. The van der Waals surface area contributed by atoms with Crippen molar-refractivity contribution in [3.05, 3.63) is 29.8 Å². The van der Waals surface area contributed by atoms with Crippen molar-refractivity contribution in [3.63, 3.8) is 0 Å². The van der Waals surface area contributed by atoms with Gasteiger partial charge >= 0.3 is 6.09 Å². The third kappa shape index (κ3) is 4.75. The summed E-state index contributed by atoms with van der Waals surface area (Å²) in [6.45, 7) is 10.1. The molecular weight excluding hydrogens is 400 g/mol. The second kappa shape index (κ2) is 8.51. The largest absolute Gasteiger partial charge is 0.444 e. The standard InChI is InChI=1S/C22H30N4O3S/c1-22(2,3)29-21(28)26-10-6-15(7-11-26)16-4-5-18-17(14-16)24-19(30-18)20(27)25-12-8-23-9-13-25/h4-6,14,19,23-24H,7-13H2,1-3H3. The van der Waals surface area contributed by atoms with Gasteiger partial charge in [-0.15, -0.1) is 0 Å². The number of rotatable bonds is 2. The minimum absolute atomic E-state index is 0.157. The Kier molecular flexibility index (Phi) is 5.97. The van der Waals surface area contributed by atoms with Gasteiger partial charge in [-0.3, -0.25) is 4.79 Å². The Balaban J connectivity index is 1.39. The lowest BCUT2D eigenvalue weighted by Gasteiger charge is -2.29. The highest BCUT2D eigenvalue weighted by Crippen LogP contribution is 2.41. The molecule has 2 N–H and O–H groups in total. The predicted octanol–water partition coefficient (Wildman–Crippen LogP) is 2.99. The van der Waals surface area contributed by atoms with Crippen LogP contribution in [0.1, 0.15) is 32.8 Å². The van der Waals surface area contributed by atoms with Gasteiger partial charge in [0.15, 0.2) is 5.37 Å². The number of ether oxygens (including phenoxy) is 1. The Morgan fingerprint density at radius 1 is 1.13 bits per heavy atom. The van der Waals surface area contributed by atoms with Crippen LogP contribution in [-0.2, 0) is 9.53 Å². The first-order valence-electron chi connectivity index (χ1n) is 10.5. The lowest BCUT2D eigenvalue weighted by molar-refractivity contribution is -0.130. The quantitative estimate of drug-likeness (QED) is 0.752. The summed E-state index contributed by atoms with van der Waals surface area (Å²) in [6, 6.07) is 6.33. The smallest absolute Gasteiger partial charge is 0.410 e. The number of nitrogens with one attached hydrogen (secondary N) is 2. The fraction of sp³-hybridized carbons (Fsp3) is 0.545. The highest BCUT2D eigenvalue weighted by atomic mass is 32.2. The fourth-order valence-electron chi connectivity index (χ4n) is 3.83. The van der Waals surface area contributed by atoms with Crippen LogP contribution in [0.15, 0.2) is 29.2 Å². The molecule has 4 rings (SSSR count). The number of hydrogen-bond acceptors (Lipinski definition) is 6. The van der Waals surface area contributed by atoms with E-state index >= 15 is 0 Å². The first kappa shape index (κ1) is 21.1. The zero-order chi connectivity index (χ0) is 21.3. The molecule has 3 aliphatic heterocycles. The number of anilines is 1. The van der Waals surface area contributed by atoms with E-state index in [0.29, 0.717) is 13.1 Å². The number of amides is 2. The number of benzene rings is 1. The highest BCUT2D eigenvalue weighted by Gasteiger charge is 2.32. The summed E-state index contributed by atoms with van der Waals surface area (Å²) in [7, 11) is 0. The summed E-state index contributed by atoms with van der Waals surface area (Å²) in [5.41, 5.74) is 2.90. The van der Waals surface area contributed by atoms with Crippen molar-refractivity contribution in [3.8, 4) is 0 Å². The number of carbonyl (C=O) groups is 2. The van der Waals surface area contributed by atoms with E-state index in [0.717, 1.165) is 48.7 Å². The predicted molar refractivity (Wildman–Crippen MR) is 120 cm³/mol. The van der Waals surface area contributed by atoms with Gasteiger partial charge in [-0.2, -0.15) is 0 Å². The maximum atomic E-state index is 12.8. The zero-order valence-corrected chi connectivity index (χ0v) is 18.7. The Morgan fingerprint density at radius 2 is 1.90 bits per heavy atom. The van der Waals surface area contributed by atoms with Crippen LogP contribution in [0.5, 0.6) is 0 Å². The molecule has 0 aromatic heterocycles. The molecule has 0 bridgehead atoms. The summed E-state index contributed by atoms with van der Waals surface area (Å²) in [6.07, 6.45) is 2.62. The molecule has 1 saturated heterocycles. The van der Waals surface area contributed by atoms with E-state index in [9.17, 15) is 9.59 Å². The van der Waals surface area contributed by atoms with E-state index in [1.54, 1.807) is 16.7 Å². The summed E-state index contributed by atoms with van der Waals surface area (Å²) in [4.78, 5) is 29.8. The number of hydrogen-bond donors (Lipinski definition) is 2. The molecular formula is C22H30N4O3S. The van der Waals surface area contributed by atoms with Crippen molar-refractivity contribution in [1.29, 1.82) is 0 Å². The lowest BCUT2D eigenvalue weighted by Crippen LogP contribution is -2.50. The molecule has 0 aliphatic carbocycles. The van der Waals surface area contributed by atoms with Gasteiger partial charge in [0.1, 0.15) is 5.60 Å². The minimum Gasteiger partial charge on any atom is -0.444 e. The molecule has 1 fully saturated rings. The topological polar surface area (TPSA) is 73.9 Å².